The van der Waals surface area contributed by atoms with Crippen LogP contribution in [0.1, 0.15) is 38.5 Å². The molecule has 0 aromatic heterocycles. The molecule has 0 spiro atoms. The van der Waals surface area contributed by atoms with Gasteiger partial charge >= 0.3 is 0 Å². The quantitative estimate of drug-likeness (QED) is 0.849. The number of nitrogens with one attached hydrogen (secondary N) is 1. The molecule has 0 aromatic carbocycles. The van der Waals surface area contributed by atoms with Crippen molar-refractivity contribution in [3.05, 3.63) is 0 Å². The minimum atomic E-state index is -0.276. The standard InChI is InChI=1S/C15H22N2O3S/c18-14(16-11-6-10-4-5-13(11)20-10)12-7-21-8-17(12)15(19)9-2-1-3-9/h9-13H,1-8H2,(H,16,18)/t10-,11+,12-,13-/m1/s1. The Morgan fingerprint density at radius 1 is 1.19 bits per heavy atom. The van der Waals surface area contributed by atoms with Crippen molar-refractivity contribution in [3.63, 3.8) is 0 Å². The van der Waals surface area contributed by atoms with E-state index in [9.17, 15) is 9.59 Å². The molecule has 2 amide bonds. The Balaban J connectivity index is 1.37. The molecule has 3 saturated heterocycles. The van der Waals surface area contributed by atoms with Gasteiger partial charge in [-0.15, -0.1) is 11.8 Å². The van der Waals surface area contributed by atoms with Crippen LogP contribution in [0, 0.1) is 5.92 Å². The maximum Gasteiger partial charge on any atom is 0.244 e. The first kappa shape index (κ1) is 13.9. The molecule has 4 atom stereocenters. The molecule has 4 rings (SSSR count). The molecule has 5 nitrogen and oxygen atoms in total. The van der Waals surface area contributed by atoms with E-state index in [1.807, 2.05) is 0 Å². The van der Waals surface area contributed by atoms with E-state index >= 15 is 0 Å². The lowest BCUT2D eigenvalue weighted by Crippen LogP contribution is -2.53. The highest BCUT2D eigenvalue weighted by molar-refractivity contribution is 7.99. The summed E-state index contributed by atoms with van der Waals surface area (Å²) in [6.07, 6.45) is 6.80. The SMILES string of the molecule is O=C(N[C@H]1C[C@H]2CC[C@H]1O2)[C@H]1CSCN1C(=O)C1CCC1. The van der Waals surface area contributed by atoms with Gasteiger partial charge in [0.05, 0.1) is 24.1 Å². The van der Waals surface area contributed by atoms with Crippen molar-refractivity contribution in [3.8, 4) is 0 Å². The van der Waals surface area contributed by atoms with E-state index < -0.39 is 0 Å². The summed E-state index contributed by atoms with van der Waals surface area (Å²) in [5.41, 5.74) is 0. The second-order valence-electron chi connectivity index (χ2n) is 6.68. The van der Waals surface area contributed by atoms with Crippen molar-refractivity contribution in [2.24, 2.45) is 5.92 Å². The monoisotopic (exact) mass is 310 g/mol. The summed E-state index contributed by atoms with van der Waals surface area (Å²) in [7, 11) is 0. The summed E-state index contributed by atoms with van der Waals surface area (Å²) in [6.45, 7) is 0. The van der Waals surface area contributed by atoms with Gasteiger partial charge in [-0.25, -0.2) is 0 Å². The first-order valence-electron chi connectivity index (χ1n) is 8.06. The number of rotatable bonds is 3. The third kappa shape index (κ3) is 2.46. The van der Waals surface area contributed by atoms with E-state index in [-0.39, 0.29) is 35.9 Å². The molecule has 6 heteroatoms. The van der Waals surface area contributed by atoms with Gasteiger partial charge in [0.25, 0.3) is 0 Å². The number of thioether (sulfide) groups is 1. The summed E-state index contributed by atoms with van der Waals surface area (Å²) in [5, 5.41) is 3.14. The van der Waals surface area contributed by atoms with Crippen LogP contribution in [0.4, 0.5) is 0 Å². The van der Waals surface area contributed by atoms with Crippen LogP contribution in [-0.4, -0.2) is 52.6 Å². The summed E-state index contributed by atoms with van der Waals surface area (Å²) < 4.78 is 5.79. The molecule has 0 unspecified atom stereocenters. The molecule has 4 fully saturated rings. The van der Waals surface area contributed by atoms with Gasteiger partial charge in [0.2, 0.25) is 11.8 Å². The van der Waals surface area contributed by atoms with E-state index in [0.29, 0.717) is 12.0 Å². The average Bonchev–Trinajstić information content (AvgIpc) is 3.12. The zero-order chi connectivity index (χ0) is 14.4. The van der Waals surface area contributed by atoms with Crippen molar-refractivity contribution in [1.82, 2.24) is 10.2 Å². The van der Waals surface area contributed by atoms with E-state index in [0.717, 1.165) is 44.3 Å². The van der Waals surface area contributed by atoms with Gasteiger partial charge in [0.15, 0.2) is 0 Å². The van der Waals surface area contributed by atoms with Crippen LogP contribution in [-0.2, 0) is 14.3 Å². The maximum absolute atomic E-state index is 12.5. The van der Waals surface area contributed by atoms with Gasteiger partial charge in [-0.1, -0.05) is 6.42 Å². The van der Waals surface area contributed by atoms with Crippen LogP contribution in [0.25, 0.3) is 0 Å². The van der Waals surface area contributed by atoms with Gasteiger partial charge in [-0.3, -0.25) is 9.59 Å². The van der Waals surface area contributed by atoms with Gasteiger partial charge in [0, 0.05) is 11.7 Å². The van der Waals surface area contributed by atoms with Crippen molar-refractivity contribution >= 4 is 23.6 Å². The van der Waals surface area contributed by atoms with Gasteiger partial charge < -0.3 is 15.0 Å². The molecule has 1 aliphatic carbocycles. The fourth-order valence-corrected chi connectivity index (χ4v) is 5.00. The van der Waals surface area contributed by atoms with Crippen molar-refractivity contribution in [2.45, 2.75) is 62.8 Å². The molecule has 116 valence electrons. The fraction of sp³-hybridized carbons (Fsp3) is 0.867. The van der Waals surface area contributed by atoms with E-state index in [4.69, 9.17) is 4.74 Å². The molecule has 3 heterocycles. The van der Waals surface area contributed by atoms with Crippen molar-refractivity contribution in [2.75, 3.05) is 11.6 Å². The zero-order valence-electron chi connectivity index (χ0n) is 12.1. The normalized spacial score (nSPS) is 38.6. The molecule has 21 heavy (non-hydrogen) atoms. The van der Waals surface area contributed by atoms with Gasteiger partial charge in [-0.05, 0) is 32.1 Å². The van der Waals surface area contributed by atoms with Crippen LogP contribution in [0.3, 0.4) is 0 Å². The molecule has 2 bridgehead atoms. The van der Waals surface area contributed by atoms with Crippen LogP contribution in [0.15, 0.2) is 0 Å². The van der Waals surface area contributed by atoms with Crippen LogP contribution >= 0.6 is 11.8 Å². The highest BCUT2D eigenvalue weighted by atomic mass is 32.2. The minimum absolute atomic E-state index is 0.0221. The molecule has 3 aliphatic heterocycles. The third-order valence-corrected chi connectivity index (χ3v) is 6.37. The molecule has 1 N–H and O–H groups in total. The number of carbonyl (C=O) groups is 2. The lowest BCUT2D eigenvalue weighted by atomic mass is 9.84. The van der Waals surface area contributed by atoms with Gasteiger partial charge in [-0.2, -0.15) is 0 Å². The van der Waals surface area contributed by atoms with Crippen molar-refractivity contribution in [1.29, 1.82) is 0 Å². The highest BCUT2D eigenvalue weighted by Crippen LogP contribution is 2.35. The smallest absolute Gasteiger partial charge is 0.244 e. The summed E-state index contributed by atoms with van der Waals surface area (Å²) in [4.78, 5) is 26.8. The predicted octanol–water partition coefficient (Wildman–Crippen LogP) is 1.12. The Morgan fingerprint density at radius 2 is 2.05 bits per heavy atom. The number of ether oxygens (including phenoxy) is 1. The Kier molecular flexibility index (Phi) is 3.61. The van der Waals surface area contributed by atoms with E-state index in [1.165, 1.54) is 0 Å². The first-order chi connectivity index (χ1) is 10.2. The lowest BCUT2D eigenvalue weighted by molar-refractivity contribution is -0.143. The van der Waals surface area contributed by atoms with Crippen LogP contribution in [0.2, 0.25) is 0 Å². The Hall–Kier alpha value is -0.750. The topological polar surface area (TPSA) is 58.6 Å². The molecular weight excluding hydrogens is 288 g/mol. The van der Waals surface area contributed by atoms with E-state index in [1.54, 1.807) is 16.7 Å². The molecule has 0 aromatic rings. The number of carbonyl (C=O) groups excluding carboxylic acids is 2. The number of hydrogen-bond acceptors (Lipinski definition) is 4. The zero-order valence-corrected chi connectivity index (χ0v) is 12.9. The van der Waals surface area contributed by atoms with Crippen LogP contribution in [0.5, 0.6) is 0 Å². The van der Waals surface area contributed by atoms with Crippen molar-refractivity contribution < 1.29 is 14.3 Å². The Labute approximate surface area is 129 Å². The minimum Gasteiger partial charge on any atom is -0.373 e. The summed E-state index contributed by atoms with van der Waals surface area (Å²) in [5.74, 6) is 1.78. The average molecular weight is 310 g/mol. The summed E-state index contributed by atoms with van der Waals surface area (Å²) >= 11 is 1.69. The number of nitrogens with zero attached hydrogens (tertiary/aromatic N) is 1. The van der Waals surface area contributed by atoms with Gasteiger partial charge in [0.1, 0.15) is 6.04 Å². The second-order valence-corrected chi connectivity index (χ2v) is 7.68. The maximum atomic E-state index is 12.5. The highest BCUT2D eigenvalue weighted by Gasteiger charge is 2.44. The largest absolute Gasteiger partial charge is 0.373 e. The Bertz CT molecular complexity index is 454. The summed E-state index contributed by atoms with van der Waals surface area (Å²) in [6, 6.07) is -0.121. The lowest BCUT2D eigenvalue weighted by Gasteiger charge is -2.32. The second kappa shape index (κ2) is 5.47. The predicted molar refractivity (Wildman–Crippen MR) is 79.7 cm³/mol. The molecule has 1 saturated carbocycles. The molecule has 4 aliphatic rings. The molecule has 0 radical (unpaired) electrons. The first-order valence-corrected chi connectivity index (χ1v) is 9.22. The molecular formula is C15H22N2O3S. The van der Waals surface area contributed by atoms with Crippen LogP contribution < -0.4 is 5.32 Å². The van der Waals surface area contributed by atoms with E-state index in [2.05, 4.69) is 5.32 Å². The number of hydrogen-bond donors (Lipinski definition) is 1. The number of amides is 2. The Morgan fingerprint density at radius 3 is 2.67 bits per heavy atom. The number of fused-ring (bicyclic) bond motifs is 2. The third-order valence-electron chi connectivity index (χ3n) is 5.36. The fourth-order valence-electron chi connectivity index (χ4n) is 3.84.